The quantitative estimate of drug-likeness (QED) is 0.285. The first-order chi connectivity index (χ1) is 21.3. The van der Waals surface area contributed by atoms with Crippen LogP contribution in [-0.2, 0) is 17.7 Å². The molecule has 45 heavy (non-hydrogen) atoms. The highest BCUT2D eigenvalue weighted by Crippen LogP contribution is 2.48. The normalized spacial score (nSPS) is 24.6. The maximum absolute atomic E-state index is 13.9. The van der Waals surface area contributed by atoms with Gasteiger partial charge >= 0.3 is 17.1 Å². The van der Waals surface area contributed by atoms with E-state index in [9.17, 15) is 4.79 Å². The number of hydrogen-bond donors (Lipinski definition) is 2. The van der Waals surface area contributed by atoms with Gasteiger partial charge in [0, 0.05) is 5.56 Å². The standard InChI is InChI=1S/C31H48N6O6Si2/c1-10-39-23-13-11-12-22(14-23)30(38)36-25-27-24(41-31(25)37-17-35-26-28(32)33-16-34-29(26)37)15-40-44(18(2)3,19(4)5)43-45(42-27,20(6)7)21(8)9/h11-14,16-21,24-25,27,31H,10,15H2,1-9H3,(H,36,38)(H2,32,33,34)/t24-,25-,27-,31-/m1/s1. The molecule has 0 radical (unpaired) electrons. The highest BCUT2D eigenvalue weighted by atomic mass is 28.5. The number of aromatic nitrogens is 4. The van der Waals surface area contributed by atoms with Crippen molar-refractivity contribution in [3.63, 3.8) is 0 Å². The first-order valence-electron chi connectivity index (χ1n) is 16.0. The van der Waals surface area contributed by atoms with Crippen LogP contribution in [0.5, 0.6) is 5.75 Å². The Hall–Kier alpha value is -2.89. The van der Waals surface area contributed by atoms with Gasteiger partial charge < -0.3 is 33.5 Å². The summed E-state index contributed by atoms with van der Waals surface area (Å²) in [5, 5.41) is 3.27. The number of fused-ring (bicyclic) bond motifs is 2. The Bertz CT molecular complexity index is 1480. The molecule has 4 atom stereocenters. The van der Waals surface area contributed by atoms with Gasteiger partial charge in [0.15, 0.2) is 17.7 Å². The predicted molar refractivity (Wildman–Crippen MR) is 176 cm³/mol. The van der Waals surface area contributed by atoms with Gasteiger partial charge in [-0.05, 0) is 47.3 Å². The van der Waals surface area contributed by atoms with Crippen LogP contribution in [0.15, 0.2) is 36.9 Å². The fraction of sp³-hybridized carbons (Fsp3) is 0.613. The molecule has 3 N–H and O–H groups in total. The Morgan fingerprint density at radius 3 is 2.38 bits per heavy atom. The van der Waals surface area contributed by atoms with Crippen molar-refractivity contribution in [2.45, 2.75) is 109 Å². The van der Waals surface area contributed by atoms with E-state index in [1.807, 2.05) is 13.0 Å². The Labute approximate surface area is 267 Å². The third-order valence-electron chi connectivity index (χ3n) is 9.04. The van der Waals surface area contributed by atoms with Crippen molar-refractivity contribution in [3.8, 4) is 5.75 Å². The highest BCUT2D eigenvalue weighted by Gasteiger charge is 2.62. The van der Waals surface area contributed by atoms with E-state index in [0.717, 1.165) is 0 Å². The van der Waals surface area contributed by atoms with Crippen LogP contribution < -0.4 is 15.8 Å². The molecule has 0 spiro atoms. The third-order valence-corrected chi connectivity index (χ3v) is 19.3. The largest absolute Gasteiger partial charge is 0.494 e. The molecular weight excluding hydrogens is 609 g/mol. The van der Waals surface area contributed by atoms with Gasteiger partial charge in [0.1, 0.15) is 35.8 Å². The predicted octanol–water partition coefficient (Wildman–Crippen LogP) is 5.46. The molecule has 246 valence electrons. The van der Waals surface area contributed by atoms with Gasteiger partial charge in [-0.1, -0.05) is 61.5 Å². The molecule has 0 unspecified atom stereocenters. The summed E-state index contributed by atoms with van der Waals surface area (Å²) in [6.07, 6.45) is 1.23. The Morgan fingerprint density at radius 2 is 1.73 bits per heavy atom. The minimum atomic E-state index is -3.02. The van der Waals surface area contributed by atoms with Crippen LogP contribution in [0.2, 0.25) is 22.2 Å². The number of ether oxygens (including phenoxy) is 2. The van der Waals surface area contributed by atoms with Crippen molar-refractivity contribution in [2.75, 3.05) is 18.9 Å². The lowest BCUT2D eigenvalue weighted by atomic mass is 10.1. The van der Waals surface area contributed by atoms with E-state index in [4.69, 9.17) is 28.2 Å². The number of hydrogen-bond acceptors (Lipinski definition) is 10. The summed E-state index contributed by atoms with van der Waals surface area (Å²) in [6.45, 7) is 20.1. The average Bonchev–Trinajstić information content (AvgIpc) is 3.54. The summed E-state index contributed by atoms with van der Waals surface area (Å²) < 4.78 is 36.0. The van der Waals surface area contributed by atoms with Crippen LogP contribution in [0.1, 0.15) is 78.9 Å². The Morgan fingerprint density at radius 1 is 1.04 bits per heavy atom. The summed E-state index contributed by atoms with van der Waals surface area (Å²) in [5.74, 6) is 0.602. The number of benzene rings is 1. The second-order valence-electron chi connectivity index (χ2n) is 13.2. The number of nitrogens with zero attached hydrogens (tertiary/aromatic N) is 4. The third kappa shape index (κ3) is 6.03. The lowest BCUT2D eigenvalue weighted by Crippen LogP contribution is -2.66. The van der Waals surface area contributed by atoms with Crippen LogP contribution in [-0.4, -0.2) is 74.0 Å². The first kappa shape index (κ1) is 33.5. The molecule has 0 saturated carbocycles. The van der Waals surface area contributed by atoms with Gasteiger partial charge in [0.05, 0.1) is 19.5 Å². The maximum Gasteiger partial charge on any atom is 0.335 e. The number of carbonyl (C=O) groups excluding carboxylic acids is 1. The van der Waals surface area contributed by atoms with Crippen LogP contribution in [0.25, 0.3) is 11.2 Å². The van der Waals surface area contributed by atoms with Gasteiger partial charge in [0.2, 0.25) is 0 Å². The van der Waals surface area contributed by atoms with Crippen LogP contribution in [0, 0.1) is 0 Å². The second kappa shape index (κ2) is 13.1. The fourth-order valence-electron chi connectivity index (χ4n) is 6.73. The van der Waals surface area contributed by atoms with E-state index in [1.54, 1.807) is 29.1 Å². The highest BCUT2D eigenvalue weighted by molar-refractivity contribution is 6.84. The summed E-state index contributed by atoms with van der Waals surface area (Å²) >= 11 is 0. The van der Waals surface area contributed by atoms with E-state index in [2.05, 4.69) is 75.7 Å². The second-order valence-corrected chi connectivity index (χ2v) is 22.0. The number of nitrogens with two attached hydrogens (primary N) is 1. The molecule has 12 nitrogen and oxygen atoms in total. The van der Waals surface area contributed by atoms with E-state index >= 15 is 0 Å². The minimum Gasteiger partial charge on any atom is -0.494 e. The van der Waals surface area contributed by atoms with E-state index in [-0.39, 0.29) is 40.5 Å². The number of rotatable bonds is 9. The van der Waals surface area contributed by atoms with Gasteiger partial charge in [-0.3, -0.25) is 9.36 Å². The molecule has 1 amide bonds. The molecule has 3 aromatic rings. The summed E-state index contributed by atoms with van der Waals surface area (Å²) in [7, 11) is -5.82. The zero-order valence-electron chi connectivity index (χ0n) is 27.8. The molecule has 0 bridgehead atoms. The van der Waals surface area contributed by atoms with E-state index in [1.165, 1.54) is 6.33 Å². The lowest BCUT2D eigenvalue weighted by Gasteiger charge is -2.51. The molecule has 2 aromatic heterocycles. The number of carbonyl (C=O) groups is 1. The number of anilines is 1. The summed E-state index contributed by atoms with van der Waals surface area (Å²) in [4.78, 5) is 27.0. The molecule has 2 aliphatic rings. The van der Waals surface area contributed by atoms with Crippen molar-refractivity contribution < 1.29 is 27.2 Å². The minimum absolute atomic E-state index is 0.101. The maximum atomic E-state index is 13.9. The molecule has 1 aromatic carbocycles. The molecule has 2 saturated heterocycles. The molecule has 4 heterocycles. The molecule has 2 aliphatic heterocycles. The van der Waals surface area contributed by atoms with Crippen LogP contribution in [0.3, 0.4) is 0 Å². The number of nitrogens with one attached hydrogen (secondary N) is 1. The Balaban J connectivity index is 1.62. The topological polar surface area (TPSA) is 145 Å². The van der Waals surface area contributed by atoms with Gasteiger partial charge in [-0.15, -0.1) is 0 Å². The first-order valence-corrected chi connectivity index (χ1v) is 19.9. The number of amides is 1. The zero-order chi connectivity index (χ0) is 32.7. The molecule has 5 rings (SSSR count). The monoisotopic (exact) mass is 656 g/mol. The van der Waals surface area contributed by atoms with E-state index in [0.29, 0.717) is 29.1 Å². The molecule has 14 heteroatoms. The SMILES string of the molecule is CCOc1cccc(C(=O)N[C@@H]2[C@@H]3O[Si](C(C)C)(C(C)C)O[Si](C(C)C)(C(C)C)OC[C@H]3O[C@H]2n2cnc3c(N)ncnc32)c1. The fourth-order valence-corrected chi connectivity index (χ4v) is 18.0. The molecular formula is C31H48N6O6Si2. The molecule has 0 aliphatic carbocycles. The number of nitrogen functional groups attached to an aromatic ring is 1. The number of imidazole rings is 1. The Kier molecular flexibility index (Phi) is 9.73. The van der Waals surface area contributed by atoms with Crippen molar-refractivity contribution in [1.29, 1.82) is 0 Å². The summed E-state index contributed by atoms with van der Waals surface area (Å²) in [5.41, 5.74) is 8.14. The smallest absolute Gasteiger partial charge is 0.335 e. The zero-order valence-corrected chi connectivity index (χ0v) is 29.8. The summed E-state index contributed by atoms with van der Waals surface area (Å²) in [6, 6.07) is 6.49. The van der Waals surface area contributed by atoms with Crippen LogP contribution in [0.4, 0.5) is 5.82 Å². The van der Waals surface area contributed by atoms with E-state index < -0.39 is 41.6 Å². The van der Waals surface area contributed by atoms with Crippen molar-refractivity contribution >= 4 is 40.0 Å². The average molecular weight is 657 g/mol. The van der Waals surface area contributed by atoms with Crippen LogP contribution >= 0.6 is 0 Å². The van der Waals surface area contributed by atoms with Gasteiger partial charge in [-0.2, -0.15) is 0 Å². The van der Waals surface area contributed by atoms with Crippen molar-refractivity contribution in [3.05, 3.63) is 42.5 Å². The molecule has 2 fully saturated rings. The van der Waals surface area contributed by atoms with Gasteiger partial charge in [-0.25, -0.2) is 15.0 Å². The van der Waals surface area contributed by atoms with Crippen molar-refractivity contribution in [2.24, 2.45) is 0 Å². The van der Waals surface area contributed by atoms with Crippen molar-refractivity contribution in [1.82, 2.24) is 24.8 Å². The lowest BCUT2D eigenvalue weighted by molar-refractivity contribution is -0.0547. The van der Waals surface area contributed by atoms with Gasteiger partial charge in [0.25, 0.3) is 5.91 Å².